The number of nitrogens with zero attached hydrogens (tertiary/aromatic N) is 2. The van der Waals surface area contributed by atoms with Crippen LogP contribution in [-0.4, -0.2) is 28.9 Å². The Hall–Kier alpha value is -0.900. The van der Waals surface area contributed by atoms with Gasteiger partial charge in [-0.3, -0.25) is 9.78 Å². The van der Waals surface area contributed by atoms with Crippen LogP contribution in [0.2, 0.25) is 0 Å². The number of rotatable bonds is 4. The number of pyridine rings is 1. The van der Waals surface area contributed by atoms with Gasteiger partial charge in [-0.25, -0.2) is 0 Å². The lowest BCUT2D eigenvalue weighted by molar-refractivity contribution is 0.0756. The van der Waals surface area contributed by atoms with Gasteiger partial charge in [0.1, 0.15) is 0 Å². The zero-order chi connectivity index (χ0) is 11.5. The maximum absolute atomic E-state index is 12.2. The van der Waals surface area contributed by atoms with E-state index >= 15 is 0 Å². The Morgan fingerprint density at radius 1 is 1.56 bits per heavy atom. The SMILES string of the molecule is CCN(CC1CC1)C(=O)c1cncc(Br)c1. The Kier molecular flexibility index (Phi) is 3.59. The van der Waals surface area contributed by atoms with Crippen molar-refractivity contribution in [1.82, 2.24) is 9.88 Å². The van der Waals surface area contributed by atoms with E-state index < -0.39 is 0 Å². The highest BCUT2D eigenvalue weighted by Gasteiger charge is 2.26. The fraction of sp³-hybridized carbons (Fsp3) is 0.500. The van der Waals surface area contributed by atoms with Gasteiger partial charge in [-0.05, 0) is 47.7 Å². The van der Waals surface area contributed by atoms with Crippen LogP contribution >= 0.6 is 15.9 Å². The third kappa shape index (κ3) is 2.82. The van der Waals surface area contributed by atoms with Gasteiger partial charge in [0.05, 0.1) is 5.56 Å². The smallest absolute Gasteiger partial charge is 0.255 e. The lowest BCUT2D eigenvalue weighted by Crippen LogP contribution is -2.32. The second-order valence-electron chi connectivity index (χ2n) is 4.18. The molecular formula is C12H15BrN2O. The van der Waals surface area contributed by atoms with Crippen LogP contribution in [-0.2, 0) is 0 Å². The van der Waals surface area contributed by atoms with Gasteiger partial charge >= 0.3 is 0 Å². The van der Waals surface area contributed by atoms with Crippen molar-refractivity contribution in [3.05, 3.63) is 28.5 Å². The molecule has 0 radical (unpaired) electrons. The Balaban J connectivity index is 2.09. The molecule has 0 atom stereocenters. The summed E-state index contributed by atoms with van der Waals surface area (Å²) < 4.78 is 0.848. The molecule has 1 aliphatic rings. The monoisotopic (exact) mass is 282 g/mol. The topological polar surface area (TPSA) is 33.2 Å². The van der Waals surface area contributed by atoms with Crippen molar-refractivity contribution in [2.24, 2.45) is 5.92 Å². The molecule has 0 unspecified atom stereocenters. The third-order valence-electron chi connectivity index (χ3n) is 2.80. The molecule has 1 saturated carbocycles. The van der Waals surface area contributed by atoms with Gasteiger partial charge in [-0.2, -0.15) is 0 Å². The van der Waals surface area contributed by atoms with Crippen LogP contribution in [0.3, 0.4) is 0 Å². The predicted molar refractivity (Wildman–Crippen MR) is 66.2 cm³/mol. The van der Waals surface area contributed by atoms with Crippen molar-refractivity contribution in [3.8, 4) is 0 Å². The minimum atomic E-state index is 0.0863. The van der Waals surface area contributed by atoms with E-state index in [1.807, 2.05) is 17.9 Å². The first-order chi connectivity index (χ1) is 7.70. The van der Waals surface area contributed by atoms with Crippen LogP contribution in [0.5, 0.6) is 0 Å². The van der Waals surface area contributed by atoms with Gasteiger partial charge in [-0.15, -0.1) is 0 Å². The molecule has 1 fully saturated rings. The van der Waals surface area contributed by atoms with Crippen LogP contribution in [0.25, 0.3) is 0 Å². The molecule has 0 spiro atoms. The summed E-state index contributed by atoms with van der Waals surface area (Å²) in [5, 5.41) is 0. The minimum absolute atomic E-state index is 0.0863. The second kappa shape index (κ2) is 4.95. The van der Waals surface area contributed by atoms with Crippen molar-refractivity contribution in [1.29, 1.82) is 0 Å². The molecule has 1 aromatic heterocycles. The van der Waals surface area contributed by atoms with Gasteiger partial charge < -0.3 is 4.90 Å². The summed E-state index contributed by atoms with van der Waals surface area (Å²) in [4.78, 5) is 18.1. The van der Waals surface area contributed by atoms with E-state index in [1.54, 1.807) is 12.4 Å². The molecule has 2 rings (SSSR count). The first kappa shape index (κ1) is 11.6. The summed E-state index contributed by atoms with van der Waals surface area (Å²) >= 11 is 3.33. The number of carbonyl (C=O) groups excluding carboxylic acids is 1. The number of halogens is 1. The molecule has 86 valence electrons. The first-order valence-corrected chi connectivity index (χ1v) is 6.40. The summed E-state index contributed by atoms with van der Waals surface area (Å²) in [7, 11) is 0. The third-order valence-corrected chi connectivity index (χ3v) is 3.23. The lowest BCUT2D eigenvalue weighted by Gasteiger charge is -2.20. The number of hydrogen-bond donors (Lipinski definition) is 0. The van der Waals surface area contributed by atoms with E-state index in [4.69, 9.17) is 0 Å². The second-order valence-corrected chi connectivity index (χ2v) is 5.09. The maximum Gasteiger partial charge on any atom is 0.255 e. The van der Waals surface area contributed by atoms with Crippen molar-refractivity contribution in [2.75, 3.05) is 13.1 Å². The van der Waals surface area contributed by atoms with Crippen LogP contribution < -0.4 is 0 Å². The van der Waals surface area contributed by atoms with E-state index in [1.165, 1.54) is 12.8 Å². The highest BCUT2D eigenvalue weighted by molar-refractivity contribution is 9.10. The normalized spacial score (nSPS) is 14.9. The molecule has 1 heterocycles. The van der Waals surface area contributed by atoms with Crippen molar-refractivity contribution in [3.63, 3.8) is 0 Å². The highest BCUT2D eigenvalue weighted by Crippen LogP contribution is 2.30. The zero-order valence-electron chi connectivity index (χ0n) is 9.32. The Morgan fingerprint density at radius 2 is 2.31 bits per heavy atom. The van der Waals surface area contributed by atoms with E-state index in [2.05, 4.69) is 20.9 Å². The van der Waals surface area contributed by atoms with E-state index in [9.17, 15) is 4.79 Å². The molecule has 0 aliphatic heterocycles. The predicted octanol–water partition coefficient (Wildman–Crippen LogP) is 2.72. The molecule has 4 heteroatoms. The van der Waals surface area contributed by atoms with E-state index in [-0.39, 0.29) is 5.91 Å². The average Bonchev–Trinajstić information content (AvgIpc) is 3.09. The van der Waals surface area contributed by atoms with Crippen molar-refractivity contribution >= 4 is 21.8 Å². The summed E-state index contributed by atoms with van der Waals surface area (Å²) in [5.41, 5.74) is 0.664. The van der Waals surface area contributed by atoms with Crippen LogP contribution in [0.15, 0.2) is 22.9 Å². The standard InChI is InChI=1S/C12H15BrN2O/c1-2-15(8-9-3-4-9)12(16)10-5-11(13)7-14-6-10/h5-7,9H,2-4,8H2,1H3. The van der Waals surface area contributed by atoms with Gasteiger partial charge in [0.15, 0.2) is 0 Å². The Morgan fingerprint density at radius 3 is 2.88 bits per heavy atom. The van der Waals surface area contributed by atoms with E-state index in [0.717, 1.165) is 23.5 Å². The first-order valence-electron chi connectivity index (χ1n) is 5.60. The van der Waals surface area contributed by atoms with Crippen molar-refractivity contribution in [2.45, 2.75) is 19.8 Å². The molecular weight excluding hydrogens is 268 g/mol. The van der Waals surface area contributed by atoms with Gasteiger partial charge in [0.2, 0.25) is 0 Å². The molecule has 3 nitrogen and oxygen atoms in total. The summed E-state index contributed by atoms with van der Waals surface area (Å²) in [6.07, 6.45) is 5.84. The number of hydrogen-bond acceptors (Lipinski definition) is 2. The quantitative estimate of drug-likeness (QED) is 0.851. The summed E-state index contributed by atoms with van der Waals surface area (Å²) in [5.74, 6) is 0.812. The van der Waals surface area contributed by atoms with Crippen LogP contribution in [0, 0.1) is 5.92 Å². The molecule has 1 amide bonds. The number of amides is 1. The molecule has 0 saturated heterocycles. The molecule has 0 N–H and O–H groups in total. The number of carbonyl (C=O) groups is 1. The lowest BCUT2D eigenvalue weighted by atomic mass is 10.2. The van der Waals surface area contributed by atoms with E-state index in [0.29, 0.717) is 5.56 Å². The zero-order valence-corrected chi connectivity index (χ0v) is 10.9. The largest absolute Gasteiger partial charge is 0.339 e. The molecule has 0 aromatic carbocycles. The van der Waals surface area contributed by atoms with Gasteiger partial charge in [0, 0.05) is 30.0 Å². The number of aromatic nitrogens is 1. The summed E-state index contributed by atoms with van der Waals surface area (Å²) in [6.45, 7) is 3.68. The van der Waals surface area contributed by atoms with Gasteiger partial charge in [-0.1, -0.05) is 0 Å². The molecule has 0 bridgehead atoms. The highest BCUT2D eigenvalue weighted by atomic mass is 79.9. The molecule has 16 heavy (non-hydrogen) atoms. The van der Waals surface area contributed by atoms with Crippen LogP contribution in [0.1, 0.15) is 30.1 Å². The maximum atomic E-state index is 12.2. The molecule has 1 aliphatic carbocycles. The fourth-order valence-corrected chi connectivity index (χ4v) is 2.04. The average molecular weight is 283 g/mol. The Labute approximate surface area is 104 Å². The van der Waals surface area contributed by atoms with Crippen LogP contribution in [0.4, 0.5) is 0 Å². The minimum Gasteiger partial charge on any atom is -0.339 e. The molecule has 1 aromatic rings. The fourth-order valence-electron chi connectivity index (χ4n) is 1.68. The Bertz CT molecular complexity index is 390. The van der Waals surface area contributed by atoms with Crippen molar-refractivity contribution < 1.29 is 4.79 Å². The summed E-state index contributed by atoms with van der Waals surface area (Å²) in [6, 6.07) is 1.82. The van der Waals surface area contributed by atoms with Gasteiger partial charge in [0.25, 0.3) is 5.91 Å².